The number of hydrogen-bond donors (Lipinski definition) is 0. The summed E-state index contributed by atoms with van der Waals surface area (Å²) < 4.78 is 15.9. The highest BCUT2D eigenvalue weighted by atomic mass is 32.1. The average molecular weight is 697 g/mol. The molecule has 0 amide bonds. The maximum Gasteiger partial charge on any atom is 0.159 e. The highest BCUT2D eigenvalue weighted by Gasteiger charge is 2.28. The van der Waals surface area contributed by atoms with Crippen LogP contribution in [0.25, 0.3) is 75.2 Å². The normalized spacial score (nSPS) is 12.8. The second kappa shape index (κ2) is 10.8. The molecule has 12 rings (SSSR count). The van der Waals surface area contributed by atoms with Crippen LogP contribution in [0, 0.1) is 0 Å². The summed E-state index contributed by atoms with van der Waals surface area (Å²) in [7, 11) is 0. The second-order valence-electron chi connectivity index (χ2n) is 13.7. The van der Waals surface area contributed by atoms with E-state index in [1.807, 2.05) is 23.5 Å². The lowest BCUT2D eigenvalue weighted by atomic mass is 10.0. The Labute approximate surface area is 307 Å². The third-order valence-corrected chi connectivity index (χ3v) is 12.0. The smallest absolute Gasteiger partial charge is 0.159 e. The van der Waals surface area contributed by atoms with E-state index in [0.29, 0.717) is 0 Å². The van der Waals surface area contributed by atoms with Gasteiger partial charge in [-0.25, -0.2) is 0 Å². The first-order valence-corrected chi connectivity index (χ1v) is 18.7. The van der Waals surface area contributed by atoms with Crippen molar-refractivity contribution in [2.24, 2.45) is 0 Å². The number of furan rings is 2. The Balaban J connectivity index is 1.25. The zero-order valence-corrected chi connectivity index (χ0v) is 29.1. The fraction of sp³-hybridized carbons (Fsp3) is 0. The van der Waals surface area contributed by atoms with Crippen LogP contribution in [0.15, 0.2) is 179 Å². The third-order valence-electron chi connectivity index (χ3n) is 10.7. The molecule has 0 N–H and O–H groups in total. The quantitative estimate of drug-likeness (QED) is 0.184. The average Bonchev–Trinajstić information content (AvgIpc) is 3.91. The van der Waals surface area contributed by atoms with E-state index in [1.54, 1.807) is 0 Å². The van der Waals surface area contributed by atoms with Crippen LogP contribution < -0.4 is 9.80 Å². The molecule has 0 fully saturated rings. The molecule has 1 aliphatic heterocycles. The minimum absolute atomic E-state index is 0.861. The van der Waals surface area contributed by atoms with E-state index in [-0.39, 0.29) is 0 Å². The summed E-state index contributed by atoms with van der Waals surface area (Å²) >= 11 is 1.85. The number of rotatable bonds is 3. The SMILES string of the molecule is c1ccc(-c2cc3cc(c2)N(c2cccc4c2oc2ccccc24)c2cccc4c2sc2c(cccc24)N3c2cccc3c2oc2ccccc23)cc1. The van der Waals surface area contributed by atoms with Crippen molar-refractivity contribution >= 4 is 110 Å². The lowest BCUT2D eigenvalue weighted by molar-refractivity contribution is 0.669. The van der Waals surface area contributed by atoms with Crippen molar-refractivity contribution in [2.75, 3.05) is 9.80 Å². The summed E-state index contributed by atoms with van der Waals surface area (Å²) in [5.74, 6) is 0. The summed E-state index contributed by atoms with van der Waals surface area (Å²) in [5, 5.41) is 6.87. The van der Waals surface area contributed by atoms with Crippen molar-refractivity contribution < 1.29 is 8.83 Å². The zero-order chi connectivity index (χ0) is 34.6. The van der Waals surface area contributed by atoms with Crippen LogP contribution in [0.1, 0.15) is 0 Å². The highest BCUT2D eigenvalue weighted by molar-refractivity contribution is 7.27. The van der Waals surface area contributed by atoms with Crippen LogP contribution in [0.3, 0.4) is 0 Å². The summed E-state index contributed by atoms with van der Waals surface area (Å²) in [6.07, 6.45) is 0. The number of para-hydroxylation sites is 4. The molecule has 4 heterocycles. The number of hydrogen-bond acceptors (Lipinski definition) is 5. The maximum absolute atomic E-state index is 6.74. The van der Waals surface area contributed by atoms with Gasteiger partial charge in [0.05, 0.1) is 32.1 Å². The lowest BCUT2D eigenvalue weighted by Gasteiger charge is -2.31. The molecule has 0 aliphatic carbocycles. The molecule has 4 nitrogen and oxygen atoms in total. The predicted molar refractivity (Wildman–Crippen MR) is 222 cm³/mol. The summed E-state index contributed by atoms with van der Waals surface area (Å²) in [6, 6.07) is 60.7. The van der Waals surface area contributed by atoms with Crippen molar-refractivity contribution in [2.45, 2.75) is 0 Å². The summed E-state index contributed by atoms with van der Waals surface area (Å²) in [5.41, 5.74) is 12.0. The minimum Gasteiger partial charge on any atom is -0.454 e. The van der Waals surface area contributed by atoms with Gasteiger partial charge in [-0.1, -0.05) is 115 Å². The molecular formula is C48H28N2O2S. The van der Waals surface area contributed by atoms with E-state index < -0.39 is 0 Å². The molecule has 4 bridgehead atoms. The highest BCUT2D eigenvalue weighted by Crippen LogP contribution is 2.54. The fourth-order valence-electron chi connectivity index (χ4n) is 8.43. The number of benzene rings is 8. The van der Waals surface area contributed by atoms with Gasteiger partial charge in [0.2, 0.25) is 0 Å². The first-order valence-electron chi connectivity index (χ1n) is 17.8. The Hall–Kier alpha value is -6.82. The number of fused-ring (bicyclic) bond motifs is 9. The van der Waals surface area contributed by atoms with Crippen LogP contribution in [-0.2, 0) is 0 Å². The predicted octanol–water partition coefficient (Wildman–Crippen LogP) is 14.8. The molecule has 0 saturated heterocycles. The van der Waals surface area contributed by atoms with Crippen LogP contribution in [0.2, 0.25) is 0 Å². The van der Waals surface area contributed by atoms with Crippen LogP contribution >= 0.6 is 11.3 Å². The van der Waals surface area contributed by atoms with E-state index in [1.165, 1.54) is 20.2 Å². The van der Waals surface area contributed by atoms with Gasteiger partial charge in [0, 0.05) is 43.7 Å². The molecule has 0 atom stereocenters. The van der Waals surface area contributed by atoms with Crippen molar-refractivity contribution in [3.8, 4) is 11.1 Å². The number of thiophene rings is 1. The van der Waals surface area contributed by atoms with Crippen molar-refractivity contribution in [1.82, 2.24) is 0 Å². The minimum atomic E-state index is 0.861. The third kappa shape index (κ3) is 4.11. The number of nitrogens with zero attached hydrogens (tertiary/aromatic N) is 2. The standard InChI is InChI=1S/C48H28N2O2S/c1-2-12-29(13-3-1)30-26-31-28-32(27-30)50(40-21-9-17-36-34-15-5-7-25-44(34)52-46(36)40)42-23-11-19-38-37-18-10-22-41(47(37)53-48(38)42)49(31)39-20-8-16-35-33-14-4-6-24-43(33)51-45(35)39/h1-28H. The topological polar surface area (TPSA) is 32.8 Å². The number of anilines is 6. The molecule has 3 aromatic heterocycles. The fourth-order valence-corrected chi connectivity index (χ4v) is 9.73. The van der Waals surface area contributed by atoms with E-state index in [9.17, 15) is 0 Å². The van der Waals surface area contributed by atoms with E-state index in [0.717, 1.165) is 89.1 Å². The van der Waals surface area contributed by atoms with Gasteiger partial charge >= 0.3 is 0 Å². The lowest BCUT2D eigenvalue weighted by Crippen LogP contribution is -2.14. The summed E-state index contributed by atoms with van der Waals surface area (Å²) in [6.45, 7) is 0. The van der Waals surface area contributed by atoms with Gasteiger partial charge in [-0.05, 0) is 65.7 Å². The first-order chi connectivity index (χ1) is 26.3. The van der Waals surface area contributed by atoms with E-state index >= 15 is 0 Å². The van der Waals surface area contributed by atoms with Gasteiger partial charge in [0.15, 0.2) is 11.2 Å². The molecule has 0 saturated carbocycles. The van der Waals surface area contributed by atoms with Gasteiger partial charge in [-0.2, -0.15) is 0 Å². The van der Waals surface area contributed by atoms with E-state index in [2.05, 4.69) is 168 Å². The van der Waals surface area contributed by atoms with Gasteiger partial charge in [0.25, 0.3) is 0 Å². The van der Waals surface area contributed by atoms with Gasteiger partial charge in [-0.15, -0.1) is 11.3 Å². The zero-order valence-electron chi connectivity index (χ0n) is 28.3. The van der Waals surface area contributed by atoms with Crippen LogP contribution in [-0.4, -0.2) is 0 Å². The van der Waals surface area contributed by atoms with Crippen LogP contribution in [0.4, 0.5) is 34.1 Å². The van der Waals surface area contributed by atoms with Gasteiger partial charge in [-0.3, -0.25) is 0 Å². The monoisotopic (exact) mass is 696 g/mol. The Morgan fingerprint density at radius 2 is 0.774 bits per heavy atom. The molecule has 53 heavy (non-hydrogen) atoms. The second-order valence-corrected chi connectivity index (χ2v) is 14.7. The Morgan fingerprint density at radius 1 is 0.340 bits per heavy atom. The molecule has 248 valence electrons. The molecule has 8 aromatic carbocycles. The Morgan fingerprint density at radius 3 is 1.30 bits per heavy atom. The maximum atomic E-state index is 6.74. The largest absolute Gasteiger partial charge is 0.454 e. The molecule has 5 heteroatoms. The van der Waals surface area contributed by atoms with Gasteiger partial charge < -0.3 is 18.6 Å². The molecule has 0 unspecified atom stereocenters. The van der Waals surface area contributed by atoms with E-state index in [4.69, 9.17) is 8.83 Å². The summed E-state index contributed by atoms with van der Waals surface area (Å²) in [4.78, 5) is 4.81. The molecular weight excluding hydrogens is 669 g/mol. The Bertz CT molecular complexity index is 3070. The molecule has 0 spiro atoms. The molecule has 0 radical (unpaired) electrons. The van der Waals surface area contributed by atoms with Crippen molar-refractivity contribution in [3.63, 3.8) is 0 Å². The molecule has 11 aromatic rings. The molecule has 1 aliphatic rings. The first kappa shape index (κ1) is 28.8. The van der Waals surface area contributed by atoms with Gasteiger partial charge in [0.1, 0.15) is 11.2 Å². The van der Waals surface area contributed by atoms with Crippen molar-refractivity contribution in [1.29, 1.82) is 0 Å². The van der Waals surface area contributed by atoms with Crippen LogP contribution in [0.5, 0.6) is 0 Å². The Kier molecular flexibility index (Phi) is 5.90. The van der Waals surface area contributed by atoms with Crippen molar-refractivity contribution in [3.05, 3.63) is 170 Å².